The molecule has 0 aromatic carbocycles. The fourth-order valence-electron chi connectivity index (χ4n) is 3.64. The van der Waals surface area contributed by atoms with E-state index in [4.69, 9.17) is 4.74 Å². The van der Waals surface area contributed by atoms with Crippen LogP contribution in [0.3, 0.4) is 0 Å². The summed E-state index contributed by atoms with van der Waals surface area (Å²) >= 11 is 0. The molecular formula is C15H27N3O2. The van der Waals surface area contributed by atoms with Gasteiger partial charge in [-0.1, -0.05) is 0 Å². The van der Waals surface area contributed by atoms with Gasteiger partial charge in [-0.15, -0.1) is 0 Å². The summed E-state index contributed by atoms with van der Waals surface area (Å²) in [4.78, 5) is 19.3. The number of carbonyl (C=O) groups excluding carboxylic acids is 1. The summed E-state index contributed by atoms with van der Waals surface area (Å²) in [6, 6.07) is 0.728. The van der Waals surface area contributed by atoms with E-state index in [9.17, 15) is 4.79 Å². The zero-order valence-corrected chi connectivity index (χ0v) is 12.6. The Morgan fingerprint density at radius 2 is 1.70 bits per heavy atom. The van der Waals surface area contributed by atoms with Gasteiger partial charge in [-0.3, -0.25) is 9.69 Å². The number of ether oxygens (including phenoxy) is 1. The van der Waals surface area contributed by atoms with Gasteiger partial charge in [0.25, 0.3) is 5.91 Å². The molecule has 0 N–H and O–H groups in total. The van der Waals surface area contributed by atoms with Crippen molar-refractivity contribution in [2.24, 2.45) is 0 Å². The lowest BCUT2D eigenvalue weighted by molar-refractivity contribution is -0.143. The maximum absolute atomic E-state index is 12.3. The zero-order valence-electron chi connectivity index (χ0n) is 12.6. The Morgan fingerprint density at radius 1 is 1.00 bits per heavy atom. The van der Waals surface area contributed by atoms with Crippen LogP contribution in [0, 0.1) is 0 Å². The highest BCUT2D eigenvalue weighted by Gasteiger charge is 2.32. The van der Waals surface area contributed by atoms with Gasteiger partial charge in [0.2, 0.25) is 0 Å². The molecule has 5 nitrogen and oxygen atoms in total. The van der Waals surface area contributed by atoms with E-state index in [-0.39, 0.29) is 12.0 Å². The predicted octanol–water partition coefficient (Wildman–Crippen LogP) is 0.404. The maximum Gasteiger partial charge on any atom is 0.251 e. The van der Waals surface area contributed by atoms with Crippen LogP contribution in [-0.4, -0.2) is 85.7 Å². The number of amides is 1. The Morgan fingerprint density at radius 3 is 2.30 bits per heavy atom. The topological polar surface area (TPSA) is 36.0 Å². The van der Waals surface area contributed by atoms with Crippen molar-refractivity contribution in [1.29, 1.82) is 0 Å². The summed E-state index contributed by atoms with van der Waals surface area (Å²) in [5.41, 5.74) is 0. The monoisotopic (exact) mass is 281 g/mol. The van der Waals surface area contributed by atoms with Crippen molar-refractivity contribution in [2.75, 3.05) is 52.9 Å². The van der Waals surface area contributed by atoms with Crippen LogP contribution in [0.5, 0.6) is 0 Å². The molecule has 3 rings (SSSR count). The summed E-state index contributed by atoms with van der Waals surface area (Å²) in [5, 5.41) is 0. The van der Waals surface area contributed by atoms with Crippen molar-refractivity contribution in [3.63, 3.8) is 0 Å². The molecule has 0 aromatic rings. The molecule has 0 aliphatic carbocycles. The Bertz CT molecular complexity index is 328. The van der Waals surface area contributed by atoms with E-state index in [2.05, 4.69) is 16.8 Å². The molecule has 20 heavy (non-hydrogen) atoms. The minimum atomic E-state index is -0.148. The highest BCUT2D eigenvalue weighted by Crippen LogP contribution is 2.19. The first-order valence-corrected chi connectivity index (χ1v) is 8.07. The van der Waals surface area contributed by atoms with Gasteiger partial charge in [0.1, 0.15) is 6.10 Å². The Balaban J connectivity index is 1.45. The van der Waals surface area contributed by atoms with Crippen molar-refractivity contribution in [3.8, 4) is 0 Å². The quantitative estimate of drug-likeness (QED) is 0.734. The molecule has 3 saturated heterocycles. The van der Waals surface area contributed by atoms with Crippen LogP contribution in [0.1, 0.15) is 25.7 Å². The van der Waals surface area contributed by atoms with Gasteiger partial charge >= 0.3 is 0 Å². The normalized spacial score (nSPS) is 30.9. The lowest BCUT2D eigenvalue weighted by atomic mass is 10.0. The number of piperidine rings is 1. The minimum absolute atomic E-state index is 0.148. The first-order valence-electron chi connectivity index (χ1n) is 8.07. The first kappa shape index (κ1) is 14.3. The third-order valence-corrected chi connectivity index (χ3v) is 5.04. The van der Waals surface area contributed by atoms with Gasteiger partial charge in [0, 0.05) is 38.8 Å². The van der Waals surface area contributed by atoms with Crippen molar-refractivity contribution >= 4 is 5.91 Å². The summed E-state index contributed by atoms with van der Waals surface area (Å²) in [6.07, 6.45) is 4.34. The number of hydrogen-bond donors (Lipinski definition) is 0. The van der Waals surface area contributed by atoms with Crippen LogP contribution in [0.15, 0.2) is 0 Å². The fraction of sp³-hybridized carbons (Fsp3) is 0.933. The zero-order chi connectivity index (χ0) is 13.9. The summed E-state index contributed by atoms with van der Waals surface area (Å²) in [7, 11) is 2.20. The smallest absolute Gasteiger partial charge is 0.251 e. The molecule has 0 radical (unpaired) electrons. The number of likely N-dealkylation sites (tertiary alicyclic amines) is 1. The van der Waals surface area contributed by atoms with Gasteiger partial charge in [-0.25, -0.2) is 0 Å². The third-order valence-electron chi connectivity index (χ3n) is 5.04. The lowest BCUT2D eigenvalue weighted by Gasteiger charge is -2.42. The largest absolute Gasteiger partial charge is 0.368 e. The van der Waals surface area contributed by atoms with E-state index < -0.39 is 0 Å². The Kier molecular flexibility index (Phi) is 4.58. The average Bonchev–Trinajstić information content (AvgIpc) is 3.02. The molecule has 0 bridgehead atoms. The van der Waals surface area contributed by atoms with Crippen molar-refractivity contribution in [1.82, 2.24) is 14.7 Å². The van der Waals surface area contributed by atoms with Crippen molar-refractivity contribution in [3.05, 3.63) is 0 Å². The molecule has 3 fully saturated rings. The van der Waals surface area contributed by atoms with E-state index in [0.29, 0.717) is 0 Å². The number of rotatable bonds is 2. The van der Waals surface area contributed by atoms with Crippen molar-refractivity contribution < 1.29 is 9.53 Å². The number of carbonyl (C=O) groups is 1. The molecule has 0 aromatic heterocycles. The van der Waals surface area contributed by atoms with Crippen LogP contribution in [-0.2, 0) is 9.53 Å². The van der Waals surface area contributed by atoms with Crippen LogP contribution in [0.25, 0.3) is 0 Å². The second-order valence-electron chi connectivity index (χ2n) is 6.40. The molecule has 114 valence electrons. The molecule has 1 unspecified atom stereocenters. The van der Waals surface area contributed by atoms with Gasteiger partial charge in [-0.2, -0.15) is 0 Å². The molecule has 1 amide bonds. The standard InChI is InChI=1S/C15H27N3O2/c1-16-6-4-13(5-7-16)17-8-10-18(11-9-17)15(19)14-3-2-12-20-14/h13-14H,2-12H2,1H3. The Labute approximate surface area is 121 Å². The van der Waals surface area contributed by atoms with Crippen LogP contribution in [0.2, 0.25) is 0 Å². The second-order valence-corrected chi connectivity index (χ2v) is 6.40. The number of hydrogen-bond acceptors (Lipinski definition) is 4. The predicted molar refractivity (Wildman–Crippen MR) is 77.6 cm³/mol. The molecular weight excluding hydrogens is 254 g/mol. The van der Waals surface area contributed by atoms with Gasteiger partial charge in [0.05, 0.1) is 0 Å². The van der Waals surface area contributed by atoms with E-state index in [1.165, 1.54) is 25.9 Å². The van der Waals surface area contributed by atoms with E-state index in [1.54, 1.807) is 0 Å². The average molecular weight is 281 g/mol. The fourth-order valence-corrected chi connectivity index (χ4v) is 3.64. The van der Waals surface area contributed by atoms with Gasteiger partial charge < -0.3 is 14.5 Å². The van der Waals surface area contributed by atoms with Crippen LogP contribution < -0.4 is 0 Å². The molecule has 3 heterocycles. The SMILES string of the molecule is CN1CCC(N2CCN(C(=O)C3CCCO3)CC2)CC1. The third kappa shape index (κ3) is 3.15. The van der Waals surface area contributed by atoms with E-state index in [1.807, 2.05) is 4.90 Å². The van der Waals surface area contributed by atoms with Crippen LogP contribution >= 0.6 is 0 Å². The first-order chi connectivity index (χ1) is 9.74. The molecule has 3 aliphatic heterocycles. The van der Waals surface area contributed by atoms with Crippen molar-refractivity contribution in [2.45, 2.75) is 37.8 Å². The Hall–Kier alpha value is -0.650. The van der Waals surface area contributed by atoms with E-state index >= 15 is 0 Å². The molecule has 3 aliphatic rings. The van der Waals surface area contributed by atoms with E-state index in [0.717, 1.165) is 51.7 Å². The molecule has 5 heteroatoms. The minimum Gasteiger partial charge on any atom is -0.368 e. The van der Waals surface area contributed by atoms with Gasteiger partial charge in [-0.05, 0) is 45.8 Å². The molecule has 1 atom stereocenters. The highest BCUT2D eigenvalue weighted by molar-refractivity contribution is 5.81. The van der Waals surface area contributed by atoms with Crippen LogP contribution in [0.4, 0.5) is 0 Å². The van der Waals surface area contributed by atoms with Gasteiger partial charge in [0.15, 0.2) is 0 Å². The number of piperazine rings is 1. The highest BCUT2D eigenvalue weighted by atomic mass is 16.5. The molecule has 0 spiro atoms. The maximum atomic E-state index is 12.3. The summed E-state index contributed by atoms with van der Waals surface area (Å²) < 4.78 is 5.51. The number of nitrogens with zero attached hydrogens (tertiary/aromatic N) is 3. The summed E-state index contributed by atoms with van der Waals surface area (Å²) in [5.74, 6) is 0.227. The summed E-state index contributed by atoms with van der Waals surface area (Å²) in [6.45, 7) is 7.00. The lowest BCUT2D eigenvalue weighted by Crippen LogP contribution is -2.55. The second kappa shape index (κ2) is 6.41. The molecule has 0 saturated carbocycles.